The number of carboxylic acid groups (broad SMARTS) is 1. The maximum Gasteiger partial charge on any atom is 0.303 e. The van der Waals surface area contributed by atoms with Crippen LogP contribution in [0.25, 0.3) is 11.3 Å². The molecule has 1 N–H and O–H groups in total. The summed E-state index contributed by atoms with van der Waals surface area (Å²) in [5.41, 5.74) is 1.77. The van der Waals surface area contributed by atoms with E-state index in [1.807, 2.05) is 19.1 Å². The number of amides is 1. The van der Waals surface area contributed by atoms with E-state index < -0.39 is 12.0 Å². The molecule has 1 atom stereocenters. The fourth-order valence-electron chi connectivity index (χ4n) is 3.30. The van der Waals surface area contributed by atoms with Gasteiger partial charge in [-0.15, -0.1) is 0 Å². The van der Waals surface area contributed by atoms with Crippen LogP contribution < -0.4 is 4.74 Å². The first-order chi connectivity index (χ1) is 15.7. The summed E-state index contributed by atoms with van der Waals surface area (Å²) in [7, 11) is 0. The smallest absolute Gasteiger partial charge is 0.303 e. The van der Waals surface area contributed by atoms with Gasteiger partial charge in [-0.3, -0.25) is 9.59 Å². The van der Waals surface area contributed by atoms with E-state index in [4.69, 9.17) is 15.6 Å². The molecule has 1 amide bonds. The number of carbonyl (C=O) groups is 2. The highest BCUT2D eigenvalue weighted by atomic mass is 32.1. The lowest BCUT2D eigenvalue weighted by Gasteiger charge is -2.28. The molecule has 0 bridgehead atoms. The molecule has 0 saturated heterocycles. The molecular weight excluding hydrogens is 428 g/mol. The van der Waals surface area contributed by atoms with Crippen molar-refractivity contribution >= 4 is 23.4 Å². The number of aromatic nitrogens is 1. The maximum atomic E-state index is 13.6. The molecule has 0 radical (unpaired) electrons. The fourth-order valence-corrected chi connectivity index (χ4v) is 3.91. The van der Waals surface area contributed by atoms with Gasteiger partial charge in [0.1, 0.15) is 11.9 Å². The first-order valence-corrected chi connectivity index (χ1v) is 11.3. The third-order valence-corrected chi connectivity index (χ3v) is 5.74. The minimum atomic E-state index is -1.22. The summed E-state index contributed by atoms with van der Waals surface area (Å²) in [6.07, 6.45) is 2.26. The minimum Gasteiger partial charge on any atom is -0.481 e. The number of furan rings is 1. The zero-order chi connectivity index (χ0) is 24.0. The molecule has 0 spiro atoms. The molecule has 7 nitrogen and oxygen atoms in total. The lowest BCUT2D eigenvalue weighted by atomic mass is 10.0. The van der Waals surface area contributed by atoms with Gasteiger partial charge in [-0.2, -0.15) is 4.37 Å². The van der Waals surface area contributed by atoms with E-state index in [-0.39, 0.29) is 25.0 Å². The van der Waals surface area contributed by atoms with Crippen LogP contribution >= 0.6 is 11.5 Å². The Balaban J connectivity index is 1.87. The molecular formula is C24H28N2O5S. The molecule has 0 aliphatic rings. The first-order valence-electron chi connectivity index (χ1n) is 11.0. The van der Waals surface area contributed by atoms with Crippen molar-refractivity contribution in [3.8, 4) is 17.2 Å². The highest BCUT2D eigenvalue weighted by Gasteiger charge is 2.25. The highest BCUT2D eigenvalue weighted by Crippen LogP contribution is 2.29. The highest BCUT2D eigenvalue weighted by molar-refractivity contribution is 7.03. The van der Waals surface area contributed by atoms with Crippen LogP contribution in [0.3, 0.4) is 0 Å². The molecule has 0 fully saturated rings. The van der Waals surface area contributed by atoms with Crippen molar-refractivity contribution in [2.24, 2.45) is 0 Å². The minimum absolute atomic E-state index is 0.00586. The van der Waals surface area contributed by atoms with Crippen molar-refractivity contribution in [2.45, 2.75) is 58.7 Å². The molecule has 3 rings (SSSR count). The van der Waals surface area contributed by atoms with Gasteiger partial charge in [0.2, 0.25) is 5.88 Å². The Hall–Kier alpha value is -3.13. The SMILES string of the molecule is [2H]C(C)(C)N(Cc1csnc1OC(CC)CCC(=O)O)C(=O)c1ccccc1-c1ccco1. The number of hydrogen-bond acceptors (Lipinski definition) is 6. The van der Waals surface area contributed by atoms with Crippen LogP contribution in [-0.2, 0) is 11.3 Å². The van der Waals surface area contributed by atoms with Crippen LogP contribution in [0, 0.1) is 0 Å². The third-order valence-electron chi connectivity index (χ3n) is 5.08. The topological polar surface area (TPSA) is 92.9 Å². The zero-order valence-corrected chi connectivity index (χ0v) is 19.2. The fraction of sp³-hybridized carbons (Fsp3) is 0.375. The van der Waals surface area contributed by atoms with E-state index in [2.05, 4.69) is 4.37 Å². The third kappa shape index (κ3) is 5.76. The van der Waals surface area contributed by atoms with Gasteiger partial charge in [-0.25, -0.2) is 0 Å². The van der Waals surface area contributed by atoms with Crippen LogP contribution in [0.2, 0.25) is 0 Å². The molecule has 0 aliphatic carbocycles. The summed E-state index contributed by atoms with van der Waals surface area (Å²) >= 11 is 1.20. The van der Waals surface area contributed by atoms with E-state index in [9.17, 15) is 9.59 Å². The van der Waals surface area contributed by atoms with Gasteiger partial charge in [0, 0.05) is 28.9 Å². The number of rotatable bonds is 11. The van der Waals surface area contributed by atoms with Gasteiger partial charge in [-0.05, 0) is 56.4 Å². The molecule has 170 valence electrons. The van der Waals surface area contributed by atoms with Crippen LogP contribution in [0.1, 0.15) is 57.3 Å². The second-order valence-electron chi connectivity index (χ2n) is 7.59. The molecule has 8 heteroatoms. The normalized spacial score (nSPS) is 12.8. The van der Waals surface area contributed by atoms with Gasteiger partial charge < -0.3 is 19.2 Å². The Labute approximate surface area is 193 Å². The standard InChI is InChI=1S/C24H28N2O5S/c1-4-18(11-12-22(27)28)31-23-17(15-32-25-23)14-26(16(2)3)24(29)20-9-6-5-8-19(20)21-10-7-13-30-21/h5-10,13,15-16,18H,4,11-12,14H2,1-3H3,(H,27,28)/i16D. The average Bonchev–Trinajstić information content (AvgIpc) is 3.45. The van der Waals surface area contributed by atoms with E-state index in [1.165, 1.54) is 16.4 Å². The van der Waals surface area contributed by atoms with Gasteiger partial charge >= 0.3 is 5.97 Å². The van der Waals surface area contributed by atoms with Gasteiger partial charge in [-0.1, -0.05) is 25.1 Å². The van der Waals surface area contributed by atoms with Crippen LogP contribution in [0.15, 0.2) is 52.5 Å². The number of carboxylic acids is 1. The second kappa shape index (κ2) is 10.9. The Bertz CT molecular complexity index is 1070. The quantitative estimate of drug-likeness (QED) is 0.410. The van der Waals surface area contributed by atoms with Gasteiger partial charge in [0.15, 0.2) is 0 Å². The number of nitrogens with zero attached hydrogens (tertiary/aromatic N) is 2. The molecule has 2 heterocycles. The van der Waals surface area contributed by atoms with E-state index in [1.54, 1.807) is 49.8 Å². The van der Waals surface area contributed by atoms with Crippen molar-refractivity contribution in [2.75, 3.05) is 0 Å². The Morgan fingerprint density at radius 3 is 2.72 bits per heavy atom. The summed E-state index contributed by atoms with van der Waals surface area (Å²) in [5, 5.41) is 10.8. The van der Waals surface area contributed by atoms with Crippen molar-refractivity contribution in [1.82, 2.24) is 9.27 Å². The first kappa shape index (κ1) is 22.1. The molecule has 2 aromatic heterocycles. The Kier molecular flexibility index (Phi) is 7.55. The average molecular weight is 458 g/mol. The summed E-state index contributed by atoms with van der Waals surface area (Å²) in [5.74, 6) is -0.235. The number of hydrogen-bond donors (Lipinski definition) is 1. The largest absolute Gasteiger partial charge is 0.481 e. The summed E-state index contributed by atoms with van der Waals surface area (Å²) in [6.45, 7) is 5.36. The number of benzene rings is 1. The van der Waals surface area contributed by atoms with Crippen molar-refractivity contribution < 1.29 is 25.2 Å². The predicted octanol–water partition coefficient (Wildman–Crippen LogP) is 5.48. The van der Waals surface area contributed by atoms with Crippen LogP contribution in [0.4, 0.5) is 0 Å². The van der Waals surface area contributed by atoms with E-state index in [0.29, 0.717) is 41.2 Å². The molecule has 1 unspecified atom stereocenters. The van der Waals surface area contributed by atoms with Gasteiger partial charge in [0.25, 0.3) is 5.91 Å². The predicted molar refractivity (Wildman–Crippen MR) is 123 cm³/mol. The van der Waals surface area contributed by atoms with Crippen molar-refractivity contribution in [3.05, 3.63) is 59.2 Å². The van der Waals surface area contributed by atoms with Crippen LogP contribution in [0.5, 0.6) is 5.88 Å². The van der Waals surface area contributed by atoms with Crippen LogP contribution in [-0.4, -0.2) is 38.4 Å². The number of carbonyl (C=O) groups excluding carboxylic acids is 1. The summed E-state index contributed by atoms with van der Waals surface area (Å²) in [6, 6.07) is 9.49. The lowest BCUT2D eigenvalue weighted by molar-refractivity contribution is -0.137. The van der Waals surface area contributed by atoms with E-state index in [0.717, 1.165) is 0 Å². The van der Waals surface area contributed by atoms with Gasteiger partial charge in [0.05, 0.1) is 19.7 Å². The summed E-state index contributed by atoms with van der Waals surface area (Å²) < 4.78 is 24.4. The van der Waals surface area contributed by atoms with E-state index >= 15 is 0 Å². The lowest BCUT2D eigenvalue weighted by Crippen LogP contribution is -2.36. The Morgan fingerprint density at radius 1 is 1.28 bits per heavy atom. The molecule has 0 saturated carbocycles. The monoisotopic (exact) mass is 457 g/mol. The van der Waals surface area contributed by atoms with Crippen molar-refractivity contribution in [1.29, 1.82) is 0 Å². The summed E-state index contributed by atoms with van der Waals surface area (Å²) in [4.78, 5) is 26.0. The van der Waals surface area contributed by atoms with Crippen molar-refractivity contribution in [3.63, 3.8) is 0 Å². The number of ether oxygens (including phenoxy) is 1. The molecule has 1 aromatic carbocycles. The Morgan fingerprint density at radius 2 is 2.06 bits per heavy atom. The second-order valence-corrected chi connectivity index (χ2v) is 8.22. The molecule has 3 aromatic rings. The molecule has 0 aliphatic heterocycles. The zero-order valence-electron chi connectivity index (χ0n) is 19.4. The molecule has 32 heavy (non-hydrogen) atoms. The number of aliphatic carboxylic acids is 1. The maximum absolute atomic E-state index is 13.6.